The summed E-state index contributed by atoms with van der Waals surface area (Å²) < 4.78 is 11.7. The van der Waals surface area contributed by atoms with Crippen molar-refractivity contribution in [3.05, 3.63) is 53.8 Å². The number of carbonyl (C=O) groups excluding carboxylic acids is 1. The van der Waals surface area contributed by atoms with Crippen LogP contribution in [-0.4, -0.2) is 18.0 Å². The number of aromatic nitrogens is 1. The Morgan fingerprint density at radius 1 is 1.28 bits per heavy atom. The van der Waals surface area contributed by atoms with Gasteiger partial charge in [-0.25, -0.2) is 4.98 Å². The summed E-state index contributed by atoms with van der Waals surface area (Å²) in [5.74, 6) is 0.656. The molecule has 6 heteroatoms. The van der Waals surface area contributed by atoms with Crippen molar-refractivity contribution in [3.8, 4) is 5.75 Å². The second-order valence-electron chi connectivity index (χ2n) is 5.84. The summed E-state index contributed by atoms with van der Waals surface area (Å²) in [6.07, 6.45) is 1.89. The highest BCUT2D eigenvalue weighted by atomic mass is 32.1. The molecule has 0 fully saturated rings. The van der Waals surface area contributed by atoms with Crippen LogP contribution >= 0.6 is 11.3 Å². The van der Waals surface area contributed by atoms with Gasteiger partial charge in [0.05, 0.1) is 30.0 Å². The lowest BCUT2D eigenvalue weighted by atomic mass is 10.1. The van der Waals surface area contributed by atoms with E-state index in [-0.39, 0.29) is 12.3 Å². The Bertz CT molecular complexity index is 1080. The molecule has 0 aliphatic carbocycles. The number of rotatable bonds is 4. The zero-order valence-corrected chi connectivity index (χ0v) is 14.6. The van der Waals surface area contributed by atoms with Gasteiger partial charge in [-0.2, -0.15) is 0 Å². The van der Waals surface area contributed by atoms with Crippen LogP contribution in [0.15, 0.2) is 47.1 Å². The predicted octanol–water partition coefficient (Wildman–Crippen LogP) is 4.54. The van der Waals surface area contributed by atoms with Crippen molar-refractivity contribution < 1.29 is 13.9 Å². The number of nitrogens with zero attached hydrogens (tertiary/aromatic N) is 1. The molecule has 126 valence electrons. The minimum absolute atomic E-state index is 0.116. The molecule has 0 aliphatic heterocycles. The largest absolute Gasteiger partial charge is 0.497 e. The number of furan rings is 1. The fraction of sp³-hybridized carbons (Fsp3) is 0.158. The molecule has 5 nitrogen and oxygen atoms in total. The van der Waals surface area contributed by atoms with E-state index in [1.165, 1.54) is 11.3 Å². The average Bonchev–Trinajstić information content (AvgIpc) is 3.17. The van der Waals surface area contributed by atoms with Crippen LogP contribution in [0, 0.1) is 6.92 Å². The van der Waals surface area contributed by atoms with Crippen LogP contribution in [0.1, 0.15) is 11.1 Å². The third kappa shape index (κ3) is 3.08. The maximum atomic E-state index is 12.4. The number of ether oxygens (including phenoxy) is 1. The minimum atomic E-state index is -0.116. The third-order valence-electron chi connectivity index (χ3n) is 4.00. The van der Waals surface area contributed by atoms with E-state index in [4.69, 9.17) is 9.15 Å². The van der Waals surface area contributed by atoms with E-state index < -0.39 is 0 Å². The van der Waals surface area contributed by atoms with Crippen LogP contribution in [0.5, 0.6) is 5.75 Å². The molecule has 0 radical (unpaired) electrons. The molecule has 4 rings (SSSR count). The molecular formula is C19H16N2O3S. The number of anilines is 1. The highest BCUT2D eigenvalue weighted by Crippen LogP contribution is 2.29. The number of aryl methyl sites for hydroxylation is 1. The first-order valence-corrected chi connectivity index (χ1v) is 8.65. The van der Waals surface area contributed by atoms with Gasteiger partial charge in [-0.3, -0.25) is 4.79 Å². The van der Waals surface area contributed by atoms with Gasteiger partial charge in [0, 0.05) is 10.9 Å². The molecule has 0 unspecified atom stereocenters. The van der Waals surface area contributed by atoms with E-state index in [0.29, 0.717) is 5.13 Å². The van der Waals surface area contributed by atoms with E-state index in [1.54, 1.807) is 13.4 Å². The molecule has 25 heavy (non-hydrogen) atoms. The van der Waals surface area contributed by atoms with Crippen molar-refractivity contribution in [1.29, 1.82) is 0 Å². The predicted molar refractivity (Wildman–Crippen MR) is 99.5 cm³/mol. The Morgan fingerprint density at radius 2 is 2.16 bits per heavy atom. The van der Waals surface area contributed by atoms with Gasteiger partial charge in [-0.1, -0.05) is 23.5 Å². The quantitative estimate of drug-likeness (QED) is 0.585. The van der Waals surface area contributed by atoms with Gasteiger partial charge in [0.25, 0.3) is 0 Å². The number of fused-ring (bicyclic) bond motifs is 2. The smallest absolute Gasteiger partial charge is 0.230 e. The molecule has 2 heterocycles. The second-order valence-corrected chi connectivity index (χ2v) is 6.87. The van der Waals surface area contributed by atoms with Crippen LogP contribution in [0.25, 0.3) is 21.2 Å². The summed E-state index contributed by atoms with van der Waals surface area (Å²) in [7, 11) is 1.63. The Kier molecular flexibility index (Phi) is 3.89. The summed E-state index contributed by atoms with van der Waals surface area (Å²) in [6.45, 7) is 2.01. The number of hydrogen-bond donors (Lipinski definition) is 1. The highest BCUT2D eigenvalue weighted by Gasteiger charge is 2.13. The molecule has 0 bridgehead atoms. The van der Waals surface area contributed by atoms with Crippen molar-refractivity contribution in [2.45, 2.75) is 13.3 Å². The molecule has 0 spiro atoms. The van der Waals surface area contributed by atoms with Crippen LogP contribution in [0.2, 0.25) is 0 Å². The molecule has 4 aromatic rings. The number of benzene rings is 2. The molecule has 0 saturated heterocycles. The fourth-order valence-electron chi connectivity index (χ4n) is 2.75. The average molecular weight is 352 g/mol. The zero-order valence-electron chi connectivity index (χ0n) is 13.8. The van der Waals surface area contributed by atoms with Crippen LogP contribution in [0.4, 0.5) is 5.13 Å². The number of hydrogen-bond acceptors (Lipinski definition) is 5. The van der Waals surface area contributed by atoms with Gasteiger partial charge < -0.3 is 14.5 Å². The number of amides is 1. The van der Waals surface area contributed by atoms with Gasteiger partial charge in [-0.05, 0) is 36.8 Å². The Balaban J connectivity index is 1.53. The van der Waals surface area contributed by atoms with Crippen LogP contribution in [0.3, 0.4) is 0 Å². The van der Waals surface area contributed by atoms with E-state index in [2.05, 4.69) is 10.3 Å². The molecule has 2 aromatic heterocycles. The number of thiazole rings is 1. The third-order valence-corrected chi connectivity index (χ3v) is 4.94. The van der Waals surface area contributed by atoms with Gasteiger partial charge in [0.1, 0.15) is 11.3 Å². The van der Waals surface area contributed by atoms with E-state index in [0.717, 1.165) is 38.1 Å². The standard InChI is InChI=1S/C19H16N2O3S/c1-11-3-5-14-12(10-24-16(14)7-11)8-18(22)21-19-20-15-6-4-13(23-2)9-17(15)25-19/h3-7,9-10H,8H2,1-2H3,(H,20,21,22). The highest BCUT2D eigenvalue weighted by molar-refractivity contribution is 7.22. The Hall–Kier alpha value is -2.86. The summed E-state index contributed by atoms with van der Waals surface area (Å²) in [5.41, 5.74) is 3.64. The van der Waals surface area contributed by atoms with Crippen LogP contribution < -0.4 is 10.1 Å². The molecule has 1 amide bonds. The Labute approximate surface area is 148 Å². The van der Waals surface area contributed by atoms with Crippen molar-refractivity contribution >= 4 is 43.6 Å². The van der Waals surface area contributed by atoms with Crippen molar-refractivity contribution in [1.82, 2.24) is 4.98 Å². The summed E-state index contributed by atoms with van der Waals surface area (Å²) in [6, 6.07) is 11.6. The monoisotopic (exact) mass is 352 g/mol. The van der Waals surface area contributed by atoms with Gasteiger partial charge in [-0.15, -0.1) is 0 Å². The molecular weight excluding hydrogens is 336 g/mol. The summed E-state index contributed by atoms with van der Waals surface area (Å²) in [5, 5.41) is 4.42. The second kappa shape index (κ2) is 6.22. The van der Waals surface area contributed by atoms with Crippen molar-refractivity contribution in [2.75, 3.05) is 12.4 Å². The summed E-state index contributed by atoms with van der Waals surface area (Å²) >= 11 is 1.43. The maximum Gasteiger partial charge on any atom is 0.230 e. The van der Waals surface area contributed by atoms with Crippen molar-refractivity contribution in [2.24, 2.45) is 0 Å². The maximum absolute atomic E-state index is 12.4. The Morgan fingerprint density at radius 3 is 3.00 bits per heavy atom. The van der Waals surface area contributed by atoms with E-state index in [1.807, 2.05) is 43.3 Å². The van der Waals surface area contributed by atoms with Gasteiger partial charge in [0.15, 0.2) is 5.13 Å². The lowest BCUT2D eigenvalue weighted by Gasteiger charge is -2.00. The van der Waals surface area contributed by atoms with Crippen molar-refractivity contribution in [3.63, 3.8) is 0 Å². The van der Waals surface area contributed by atoms with Crippen LogP contribution in [-0.2, 0) is 11.2 Å². The lowest BCUT2D eigenvalue weighted by molar-refractivity contribution is -0.115. The van der Waals surface area contributed by atoms with E-state index in [9.17, 15) is 4.79 Å². The molecule has 0 saturated carbocycles. The normalized spacial score (nSPS) is 11.1. The van der Waals surface area contributed by atoms with E-state index >= 15 is 0 Å². The fourth-order valence-corrected chi connectivity index (χ4v) is 3.66. The molecule has 1 N–H and O–H groups in total. The SMILES string of the molecule is COc1ccc2nc(NC(=O)Cc3coc4cc(C)ccc34)sc2c1. The first-order valence-electron chi connectivity index (χ1n) is 7.83. The van der Waals surface area contributed by atoms with Gasteiger partial charge in [0.2, 0.25) is 5.91 Å². The first kappa shape index (κ1) is 15.7. The number of nitrogens with one attached hydrogen (secondary N) is 1. The topological polar surface area (TPSA) is 64.4 Å². The number of methoxy groups -OCH3 is 1. The first-order chi connectivity index (χ1) is 12.1. The molecule has 0 aliphatic rings. The van der Waals surface area contributed by atoms with Gasteiger partial charge >= 0.3 is 0 Å². The molecule has 0 atom stereocenters. The minimum Gasteiger partial charge on any atom is -0.497 e. The molecule has 2 aromatic carbocycles. The number of carbonyl (C=O) groups is 1. The lowest BCUT2D eigenvalue weighted by Crippen LogP contribution is -2.13. The zero-order chi connectivity index (χ0) is 17.4. The summed E-state index contributed by atoms with van der Waals surface area (Å²) in [4.78, 5) is 16.8.